The molecule has 1 aromatic heterocycles. The summed E-state index contributed by atoms with van der Waals surface area (Å²) < 4.78 is 8.43. The van der Waals surface area contributed by atoms with Crippen molar-refractivity contribution in [2.45, 2.75) is 26.5 Å². The van der Waals surface area contributed by atoms with Crippen LogP contribution >= 0.6 is 15.9 Å². The van der Waals surface area contributed by atoms with Crippen molar-refractivity contribution in [3.05, 3.63) is 34.6 Å². The third kappa shape index (κ3) is 2.98. The fourth-order valence-electron chi connectivity index (χ4n) is 1.93. The number of hydrogen-bond donors (Lipinski definition) is 1. The van der Waals surface area contributed by atoms with E-state index >= 15 is 0 Å². The second-order valence-corrected chi connectivity index (χ2v) is 5.38. The quantitative estimate of drug-likeness (QED) is 0.940. The number of ether oxygens (including phenoxy) is 1. The van der Waals surface area contributed by atoms with E-state index in [9.17, 15) is 0 Å². The summed E-state index contributed by atoms with van der Waals surface area (Å²) in [6.07, 6.45) is 0.178. The molecule has 1 heterocycles. The van der Waals surface area contributed by atoms with Gasteiger partial charge in [0.1, 0.15) is 16.2 Å². The molecule has 0 bridgehead atoms. The lowest BCUT2D eigenvalue weighted by Gasteiger charge is -2.10. The molecule has 19 heavy (non-hydrogen) atoms. The minimum absolute atomic E-state index is 0.178. The Kier molecular flexibility index (Phi) is 4.27. The van der Waals surface area contributed by atoms with E-state index in [0.717, 1.165) is 27.4 Å². The molecule has 0 saturated heterocycles. The van der Waals surface area contributed by atoms with Gasteiger partial charge in [-0.15, -0.1) is 0 Å². The molecule has 1 aromatic carbocycles. The molecule has 0 atom stereocenters. The molecule has 102 valence electrons. The van der Waals surface area contributed by atoms with Crippen molar-refractivity contribution in [3.63, 3.8) is 0 Å². The number of halogens is 1. The predicted octanol–water partition coefficient (Wildman–Crippen LogP) is 3.10. The maximum atomic E-state index is 5.71. The van der Waals surface area contributed by atoms with Crippen LogP contribution in [0.25, 0.3) is 11.4 Å². The summed E-state index contributed by atoms with van der Waals surface area (Å²) in [5.41, 5.74) is 7.74. The van der Waals surface area contributed by atoms with Gasteiger partial charge in [0.2, 0.25) is 0 Å². The average Bonchev–Trinajstić information content (AvgIpc) is 2.64. The van der Waals surface area contributed by atoms with E-state index in [4.69, 9.17) is 10.5 Å². The topological polar surface area (TPSA) is 53.1 Å². The lowest BCUT2D eigenvalue weighted by molar-refractivity contribution is 0.242. The Morgan fingerprint density at radius 1 is 1.32 bits per heavy atom. The summed E-state index contributed by atoms with van der Waals surface area (Å²) in [4.78, 5) is 4.50. The average molecular weight is 324 g/mol. The summed E-state index contributed by atoms with van der Waals surface area (Å²) in [6, 6.07) is 7.93. The number of benzene rings is 1. The van der Waals surface area contributed by atoms with Crippen molar-refractivity contribution in [1.29, 1.82) is 0 Å². The van der Waals surface area contributed by atoms with Crippen molar-refractivity contribution in [1.82, 2.24) is 9.55 Å². The van der Waals surface area contributed by atoms with Crippen LogP contribution in [0.5, 0.6) is 5.75 Å². The lowest BCUT2D eigenvalue weighted by atomic mass is 10.2. The first-order valence-corrected chi connectivity index (χ1v) is 7.00. The van der Waals surface area contributed by atoms with Gasteiger partial charge in [0, 0.05) is 19.2 Å². The zero-order chi connectivity index (χ0) is 14.0. The van der Waals surface area contributed by atoms with E-state index in [1.807, 2.05) is 49.7 Å². The molecule has 0 saturated carbocycles. The first-order valence-electron chi connectivity index (χ1n) is 6.21. The summed E-state index contributed by atoms with van der Waals surface area (Å²) in [6.45, 7) is 4.48. The largest absolute Gasteiger partial charge is 0.491 e. The molecule has 5 heteroatoms. The number of nitrogens with two attached hydrogens (primary N) is 1. The fourth-order valence-corrected chi connectivity index (χ4v) is 2.53. The van der Waals surface area contributed by atoms with E-state index in [1.54, 1.807) is 0 Å². The molecule has 2 aromatic rings. The van der Waals surface area contributed by atoms with E-state index in [1.165, 1.54) is 0 Å². The van der Waals surface area contributed by atoms with Gasteiger partial charge in [0.05, 0.1) is 11.8 Å². The molecule has 0 aliphatic rings. The second kappa shape index (κ2) is 5.75. The van der Waals surface area contributed by atoms with Gasteiger partial charge in [-0.1, -0.05) is 0 Å². The van der Waals surface area contributed by atoms with Crippen LogP contribution in [0.4, 0.5) is 0 Å². The third-order valence-corrected chi connectivity index (χ3v) is 3.48. The normalized spacial score (nSPS) is 11.1. The molecule has 2 N–H and O–H groups in total. The van der Waals surface area contributed by atoms with E-state index in [0.29, 0.717) is 6.54 Å². The minimum Gasteiger partial charge on any atom is -0.491 e. The number of rotatable bonds is 4. The molecular weight excluding hydrogens is 306 g/mol. The molecule has 0 aliphatic heterocycles. The summed E-state index contributed by atoms with van der Waals surface area (Å²) >= 11 is 3.44. The predicted molar refractivity (Wildman–Crippen MR) is 80.0 cm³/mol. The van der Waals surface area contributed by atoms with Crippen molar-refractivity contribution in [2.75, 3.05) is 0 Å². The van der Waals surface area contributed by atoms with Crippen LogP contribution < -0.4 is 10.5 Å². The smallest absolute Gasteiger partial charge is 0.141 e. The van der Waals surface area contributed by atoms with Crippen molar-refractivity contribution in [2.24, 2.45) is 12.8 Å². The highest BCUT2D eigenvalue weighted by Crippen LogP contribution is 2.26. The molecule has 0 aliphatic carbocycles. The van der Waals surface area contributed by atoms with E-state index in [-0.39, 0.29) is 6.10 Å². The highest BCUT2D eigenvalue weighted by molar-refractivity contribution is 9.10. The number of aromatic nitrogens is 2. The Bertz CT molecular complexity index is 561. The van der Waals surface area contributed by atoms with Gasteiger partial charge in [-0.05, 0) is 54.0 Å². The first kappa shape index (κ1) is 14.1. The minimum atomic E-state index is 0.178. The Hall–Kier alpha value is -1.33. The van der Waals surface area contributed by atoms with Crippen molar-refractivity contribution >= 4 is 15.9 Å². The summed E-state index contributed by atoms with van der Waals surface area (Å²) in [5.74, 6) is 1.76. The highest BCUT2D eigenvalue weighted by atomic mass is 79.9. The fraction of sp³-hybridized carbons (Fsp3) is 0.357. The Balaban J connectivity index is 2.32. The summed E-state index contributed by atoms with van der Waals surface area (Å²) in [5, 5.41) is 0. The van der Waals surface area contributed by atoms with Crippen molar-refractivity contribution in [3.8, 4) is 17.1 Å². The van der Waals surface area contributed by atoms with Gasteiger partial charge in [0.25, 0.3) is 0 Å². The molecule has 0 spiro atoms. The molecule has 0 unspecified atom stereocenters. The molecule has 0 radical (unpaired) electrons. The SMILES string of the molecule is CC(C)Oc1ccc(-c2nc(Br)c(CN)n2C)cc1. The molecular formula is C14H18BrN3O. The maximum Gasteiger partial charge on any atom is 0.141 e. The van der Waals surface area contributed by atoms with Crippen LogP contribution in [0.1, 0.15) is 19.5 Å². The Morgan fingerprint density at radius 2 is 1.95 bits per heavy atom. The van der Waals surface area contributed by atoms with Gasteiger partial charge < -0.3 is 15.0 Å². The van der Waals surface area contributed by atoms with Crippen LogP contribution in [-0.4, -0.2) is 15.7 Å². The van der Waals surface area contributed by atoms with E-state index in [2.05, 4.69) is 20.9 Å². The van der Waals surface area contributed by atoms with Crippen LogP contribution in [0.15, 0.2) is 28.9 Å². The molecule has 0 fully saturated rings. The first-order chi connectivity index (χ1) is 9.02. The van der Waals surface area contributed by atoms with Crippen LogP contribution in [0, 0.1) is 0 Å². The zero-order valence-electron chi connectivity index (χ0n) is 11.4. The number of hydrogen-bond acceptors (Lipinski definition) is 3. The third-order valence-electron chi connectivity index (χ3n) is 2.84. The highest BCUT2D eigenvalue weighted by Gasteiger charge is 2.12. The summed E-state index contributed by atoms with van der Waals surface area (Å²) in [7, 11) is 1.97. The Morgan fingerprint density at radius 3 is 2.42 bits per heavy atom. The zero-order valence-corrected chi connectivity index (χ0v) is 12.9. The molecule has 0 amide bonds. The number of imidazole rings is 1. The van der Waals surface area contributed by atoms with Gasteiger partial charge in [-0.3, -0.25) is 0 Å². The van der Waals surface area contributed by atoms with Gasteiger partial charge >= 0.3 is 0 Å². The van der Waals surface area contributed by atoms with Crippen LogP contribution in [0.2, 0.25) is 0 Å². The Labute approximate surface area is 121 Å². The lowest BCUT2D eigenvalue weighted by Crippen LogP contribution is -2.06. The molecule has 2 rings (SSSR count). The monoisotopic (exact) mass is 323 g/mol. The van der Waals surface area contributed by atoms with Gasteiger partial charge in [-0.25, -0.2) is 4.98 Å². The van der Waals surface area contributed by atoms with Crippen molar-refractivity contribution < 1.29 is 4.74 Å². The van der Waals surface area contributed by atoms with Crippen LogP contribution in [-0.2, 0) is 13.6 Å². The standard InChI is InChI=1S/C14H18BrN3O/c1-9(2)19-11-6-4-10(5-7-11)14-17-13(15)12(8-16)18(14)3/h4-7,9H,8,16H2,1-3H3. The molecule has 4 nitrogen and oxygen atoms in total. The van der Waals surface area contributed by atoms with E-state index < -0.39 is 0 Å². The number of nitrogens with zero attached hydrogens (tertiary/aromatic N) is 2. The van der Waals surface area contributed by atoms with Gasteiger partial charge in [-0.2, -0.15) is 0 Å². The second-order valence-electron chi connectivity index (χ2n) is 4.63. The van der Waals surface area contributed by atoms with Crippen LogP contribution in [0.3, 0.4) is 0 Å². The maximum absolute atomic E-state index is 5.71. The van der Waals surface area contributed by atoms with Gasteiger partial charge in [0.15, 0.2) is 0 Å².